The Balaban J connectivity index is 2.54. The number of anilines is 1. The smallest absolute Gasteiger partial charge is 0.261 e. The molecule has 2 N–H and O–H groups in total. The second kappa shape index (κ2) is 5.26. The zero-order valence-corrected chi connectivity index (χ0v) is 8.93. The Labute approximate surface area is 89.2 Å². The lowest BCUT2D eigenvalue weighted by molar-refractivity contribution is 0.00972. The number of nitrogens with two attached hydrogens (primary N) is 1. The molecule has 0 bridgehead atoms. The van der Waals surface area contributed by atoms with E-state index in [0.29, 0.717) is 10.2 Å². The van der Waals surface area contributed by atoms with E-state index in [1.807, 2.05) is 0 Å². The lowest BCUT2D eigenvalue weighted by Gasteiger charge is -2.07. The predicted octanol–water partition coefficient (Wildman–Crippen LogP) is 2.81. The van der Waals surface area contributed by atoms with Crippen LogP contribution < -0.4 is 5.73 Å². The third kappa shape index (κ3) is 3.23. The van der Waals surface area contributed by atoms with Crippen LogP contribution in [-0.4, -0.2) is 13.0 Å². The predicted molar refractivity (Wildman–Crippen MR) is 54.2 cm³/mol. The van der Waals surface area contributed by atoms with Gasteiger partial charge in [0.1, 0.15) is 6.61 Å². The minimum Gasteiger partial charge on any atom is -0.398 e. The van der Waals surface area contributed by atoms with Crippen LogP contribution in [0.3, 0.4) is 0 Å². The maximum absolute atomic E-state index is 11.8. The molecule has 0 saturated heterocycles. The van der Waals surface area contributed by atoms with Gasteiger partial charge < -0.3 is 10.5 Å². The molecular weight excluding hydrogens is 256 g/mol. The SMILES string of the molecule is Nc1cccc(COCC(F)F)c1Br. The van der Waals surface area contributed by atoms with Crippen LogP contribution in [0.15, 0.2) is 22.7 Å². The number of nitrogen functional groups attached to an aromatic ring is 1. The molecule has 1 aromatic rings. The Hall–Kier alpha value is -0.680. The quantitative estimate of drug-likeness (QED) is 0.850. The molecule has 0 radical (unpaired) electrons. The summed E-state index contributed by atoms with van der Waals surface area (Å²) in [6.07, 6.45) is -2.44. The number of alkyl halides is 2. The number of benzene rings is 1. The summed E-state index contributed by atoms with van der Waals surface area (Å²) >= 11 is 3.25. The first-order valence-corrected chi connectivity index (χ1v) is 4.79. The fourth-order valence-corrected chi connectivity index (χ4v) is 1.35. The number of ether oxygens (including phenoxy) is 1. The summed E-state index contributed by atoms with van der Waals surface area (Å²) in [6.45, 7) is -0.419. The Morgan fingerprint density at radius 2 is 2.14 bits per heavy atom. The van der Waals surface area contributed by atoms with E-state index in [1.165, 1.54) is 0 Å². The van der Waals surface area contributed by atoms with Gasteiger partial charge in [0.25, 0.3) is 6.43 Å². The van der Waals surface area contributed by atoms with Gasteiger partial charge in [-0.2, -0.15) is 0 Å². The zero-order valence-electron chi connectivity index (χ0n) is 7.34. The molecule has 5 heteroatoms. The molecule has 0 amide bonds. The van der Waals surface area contributed by atoms with E-state index in [4.69, 9.17) is 10.5 Å². The Morgan fingerprint density at radius 1 is 1.43 bits per heavy atom. The molecule has 1 rings (SSSR count). The molecule has 1 aromatic carbocycles. The molecule has 2 nitrogen and oxygen atoms in total. The first-order valence-electron chi connectivity index (χ1n) is 4.00. The topological polar surface area (TPSA) is 35.2 Å². The van der Waals surface area contributed by atoms with Gasteiger partial charge in [-0.15, -0.1) is 0 Å². The number of hydrogen-bond acceptors (Lipinski definition) is 2. The van der Waals surface area contributed by atoms with Gasteiger partial charge in [-0.05, 0) is 27.6 Å². The van der Waals surface area contributed by atoms with Crippen LogP contribution in [-0.2, 0) is 11.3 Å². The largest absolute Gasteiger partial charge is 0.398 e. The Morgan fingerprint density at radius 3 is 2.79 bits per heavy atom. The lowest BCUT2D eigenvalue weighted by Crippen LogP contribution is -2.04. The molecule has 0 heterocycles. The summed E-state index contributed by atoms with van der Waals surface area (Å²) in [5, 5.41) is 0. The van der Waals surface area contributed by atoms with E-state index in [-0.39, 0.29) is 6.61 Å². The maximum Gasteiger partial charge on any atom is 0.261 e. The summed E-state index contributed by atoms with van der Waals surface area (Å²) in [5.41, 5.74) is 6.94. The van der Waals surface area contributed by atoms with Crippen molar-refractivity contribution in [2.24, 2.45) is 0 Å². The molecule has 0 fully saturated rings. The monoisotopic (exact) mass is 265 g/mol. The zero-order chi connectivity index (χ0) is 10.6. The van der Waals surface area contributed by atoms with Crippen molar-refractivity contribution in [2.75, 3.05) is 12.3 Å². The van der Waals surface area contributed by atoms with Crippen molar-refractivity contribution in [3.8, 4) is 0 Å². The van der Waals surface area contributed by atoms with Crippen molar-refractivity contribution in [2.45, 2.75) is 13.0 Å². The van der Waals surface area contributed by atoms with Crippen molar-refractivity contribution in [1.29, 1.82) is 0 Å². The third-order valence-corrected chi connectivity index (χ3v) is 2.58. The van der Waals surface area contributed by atoms with Gasteiger partial charge >= 0.3 is 0 Å². The van der Waals surface area contributed by atoms with Gasteiger partial charge in [-0.1, -0.05) is 12.1 Å². The molecule has 0 unspecified atom stereocenters. The van der Waals surface area contributed by atoms with Gasteiger partial charge in [0.2, 0.25) is 0 Å². The van der Waals surface area contributed by atoms with Crippen LogP contribution in [0.25, 0.3) is 0 Å². The summed E-state index contributed by atoms with van der Waals surface area (Å²) in [6, 6.07) is 5.24. The van der Waals surface area contributed by atoms with Crippen LogP contribution in [0.2, 0.25) is 0 Å². The molecule has 0 spiro atoms. The maximum atomic E-state index is 11.8. The van der Waals surface area contributed by atoms with Crippen molar-refractivity contribution < 1.29 is 13.5 Å². The Bertz CT molecular complexity index is 307. The first kappa shape index (κ1) is 11.4. The fourth-order valence-electron chi connectivity index (χ4n) is 0.969. The number of hydrogen-bond donors (Lipinski definition) is 1. The van der Waals surface area contributed by atoms with Crippen molar-refractivity contribution in [3.05, 3.63) is 28.2 Å². The molecule has 0 aromatic heterocycles. The summed E-state index contributed by atoms with van der Waals surface area (Å²) in [7, 11) is 0. The highest BCUT2D eigenvalue weighted by Gasteiger charge is 2.05. The van der Waals surface area contributed by atoms with Crippen molar-refractivity contribution in [1.82, 2.24) is 0 Å². The van der Waals surface area contributed by atoms with Gasteiger partial charge in [-0.25, -0.2) is 8.78 Å². The van der Waals surface area contributed by atoms with Gasteiger partial charge in [0.05, 0.1) is 6.61 Å². The fraction of sp³-hybridized carbons (Fsp3) is 0.333. The molecule has 0 aliphatic heterocycles. The van der Waals surface area contributed by atoms with E-state index in [9.17, 15) is 8.78 Å². The average Bonchev–Trinajstić information content (AvgIpc) is 2.12. The number of rotatable bonds is 4. The van der Waals surface area contributed by atoms with Gasteiger partial charge in [0, 0.05) is 10.2 Å². The normalized spacial score (nSPS) is 10.9. The van der Waals surface area contributed by atoms with E-state index in [0.717, 1.165) is 5.56 Å². The van der Waals surface area contributed by atoms with E-state index < -0.39 is 13.0 Å². The minimum atomic E-state index is -2.44. The van der Waals surface area contributed by atoms with E-state index in [1.54, 1.807) is 18.2 Å². The third-order valence-electron chi connectivity index (χ3n) is 1.61. The Kier molecular flexibility index (Phi) is 4.28. The van der Waals surface area contributed by atoms with E-state index >= 15 is 0 Å². The van der Waals surface area contributed by atoms with E-state index in [2.05, 4.69) is 15.9 Å². The molecular formula is C9H10BrF2NO. The molecule has 0 aliphatic carbocycles. The summed E-state index contributed by atoms with van der Waals surface area (Å²) in [4.78, 5) is 0. The lowest BCUT2D eigenvalue weighted by atomic mass is 10.2. The van der Waals surface area contributed by atoms with Crippen LogP contribution in [0.1, 0.15) is 5.56 Å². The van der Waals surface area contributed by atoms with Crippen molar-refractivity contribution >= 4 is 21.6 Å². The highest BCUT2D eigenvalue weighted by atomic mass is 79.9. The van der Waals surface area contributed by atoms with Crippen LogP contribution in [0, 0.1) is 0 Å². The standard InChI is InChI=1S/C9H10BrF2NO/c10-9-6(2-1-3-7(9)13)4-14-5-8(11)12/h1-3,8H,4-5,13H2. The highest BCUT2D eigenvalue weighted by Crippen LogP contribution is 2.24. The summed E-state index contributed by atoms with van der Waals surface area (Å²) in [5.74, 6) is 0. The first-order chi connectivity index (χ1) is 6.61. The second-order valence-corrected chi connectivity index (χ2v) is 3.52. The van der Waals surface area contributed by atoms with Crippen LogP contribution in [0.4, 0.5) is 14.5 Å². The second-order valence-electron chi connectivity index (χ2n) is 2.73. The molecule has 0 saturated carbocycles. The average molecular weight is 266 g/mol. The molecule has 0 aliphatic rings. The van der Waals surface area contributed by atoms with Gasteiger partial charge in [0.15, 0.2) is 0 Å². The van der Waals surface area contributed by atoms with Gasteiger partial charge in [-0.3, -0.25) is 0 Å². The van der Waals surface area contributed by atoms with Crippen molar-refractivity contribution in [3.63, 3.8) is 0 Å². The minimum absolute atomic E-state index is 0.135. The van der Waals surface area contributed by atoms with Crippen LogP contribution in [0.5, 0.6) is 0 Å². The highest BCUT2D eigenvalue weighted by molar-refractivity contribution is 9.10. The molecule has 78 valence electrons. The van der Waals surface area contributed by atoms with Crippen LogP contribution >= 0.6 is 15.9 Å². The number of halogens is 3. The molecule has 14 heavy (non-hydrogen) atoms. The summed E-state index contributed by atoms with van der Waals surface area (Å²) < 4.78 is 29.0. The molecule has 0 atom stereocenters.